The first kappa shape index (κ1) is 18.4. The molecule has 0 amide bonds. The summed E-state index contributed by atoms with van der Waals surface area (Å²) in [6.45, 7) is 4.60. The number of aromatic hydroxyl groups is 1. The van der Waals surface area contributed by atoms with E-state index in [9.17, 15) is 18.3 Å². The van der Waals surface area contributed by atoms with Crippen LogP contribution in [0.4, 0.5) is 19.0 Å². The van der Waals surface area contributed by atoms with Crippen LogP contribution in [0.1, 0.15) is 30.9 Å². The summed E-state index contributed by atoms with van der Waals surface area (Å²) in [5, 5.41) is 25.0. The maximum Gasteiger partial charge on any atom is 0.416 e. The van der Waals surface area contributed by atoms with Crippen LogP contribution in [-0.4, -0.2) is 33.9 Å². The predicted molar refractivity (Wildman–Crippen MR) is 93.0 cm³/mol. The number of rotatable bonds is 3. The second-order valence-electron chi connectivity index (χ2n) is 6.62. The number of benzene rings is 1. The fraction of sp³-hybridized carbons (Fsp3) is 0.444. The first-order valence-electron chi connectivity index (χ1n) is 8.50. The first-order chi connectivity index (χ1) is 12.3. The molecule has 0 bridgehead atoms. The number of aryl methyl sites for hydroxylation is 1. The van der Waals surface area contributed by atoms with Crippen LogP contribution < -0.4 is 10.6 Å². The summed E-state index contributed by atoms with van der Waals surface area (Å²) in [5.74, 6) is 0.135. The fourth-order valence-electron chi connectivity index (χ4n) is 3.24. The highest BCUT2D eigenvalue weighted by atomic mass is 19.4. The monoisotopic (exact) mass is 366 g/mol. The highest BCUT2D eigenvalue weighted by Crippen LogP contribution is 2.38. The van der Waals surface area contributed by atoms with E-state index in [0.29, 0.717) is 23.6 Å². The second kappa shape index (κ2) is 7.11. The summed E-state index contributed by atoms with van der Waals surface area (Å²) in [7, 11) is 0. The topological polar surface area (TPSA) is 70.1 Å². The summed E-state index contributed by atoms with van der Waals surface area (Å²) >= 11 is 0. The van der Waals surface area contributed by atoms with E-state index in [4.69, 9.17) is 0 Å². The van der Waals surface area contributed by atoms with Crippen LogP contribution in [0, 0.1) is 6.92 Å². The van der Waals surface area contributed by atoms with Gasteiger partial charge >= 0.3 is 6.18 Å². The van der Waals surface area contributed by atoms with Gasteiger partial charge < -0.3 is 15.7 Å². The highest BCUT2D eigenvalue weighted by molar-refractivity contribution is 5.71. The molecule has 1 aliphatic heterocycles. The van der Waals surface area contributed by atoms with Gasteiger partial charge in [0, 0.05) is 17.6 Å². The Hall–Kier alpha value is -2.35. The minimum absolute atomic E-state index is 0.241. The van der Waals surface area contributed by atoms with Crippen LogP contribution in [0.3, 0.4) is 0 Å². The van der Waals surface area contributed by atoms with E-state index in [1.165, 1.54) is 6.92 Å². The number of piperidine rings is 1. The van der Waals surface area contributed by atoms with Crippen LogP contribution in [0.2, 0.25) is 0 Å². The van der Waals surface area contributed by atoms with Gasteiger partial charge in [0.1, 0.15) is 11.6 Å². The van der Waals surface area contributed by atoms with Crippen molar-refractivity contribution in [1.29, 1.82) is 0 Å². The molecule has 0 aliphatic carbocycles. The molecule has 3 N–H and O–H groups in total. The van der Waals surface area contributed by atoms with Crippen molar-refractivity contribution in [3.8, 4) is 17.0 Å². The minimum Gasteiger partial charge on any atom is -0.507 e. The van der Waals surface area contributed by atoms with Crippen molar-refractivity contribution >= 4 is 5.82 Å². The number of nitrogens with one attached hydrogen (secondary N) is 2. The zero-order chi connectivity index (χ0) is 18.9. The van der Waals surface area contributed by atoms with Crippen molar-refractivity contribution in [3.05, 3.63) is 35.4 Å². The van der Waals surface area contributed by atoms with Gasteiger partial charge in [-0.3, -0.25) is 0 Å². The molecule has 1 saturated heterocycles. The summed E-state index contributed by atoms with van der Waals surface area (Å²) < 4.78 is 38.5. The average molecular weight is 366 g/mol. The van der Waals surface area contributed by atoms with Crippen LogP contribution in [0.25, 0.3) is 11.3 Å². The minimum atomic E-state index is -4.51. The molecule has 5 nitrogen and oxygen atoms in total. The average Bonchev–Trinajstić information content (AvgIpc) is 2.57. The van der Waals surface area contributed by atoms with Gasteiger partial charge in [-0.1, -0.05) is 0 Å². The van der Waals surface area contributed by atoms with Gasteiger partial charge in [-0.25, -0.2) is 0 Å². The molecule has 140 valence electrons. The molecule has 3 rings (SSSR count). The predicted octanol–water partition coefficient (Wildman–Crippen LogP) is 3.73. The largest absolute Gasteiger partial charge is 0.507 e. The Balaban J connectivity index is 1.82. The molecule has 0 radical (unpaired) electrons. The second-order valence-corrected chi connectivity index (χ2v) is 6.62. The van der Waals surface area contributed by atoms with E-state index in [0.717, 1.165) is 25.5 Å². The molecule has 0 spiro atoms. The number of aromatic nitrogens is 2. The Labute approximate surface area is 149 Å². The summed E-state index contributed by atoms with van der Waals surface area (Å²) in [4.78, 5) is 0. The highest BCUT2D eigenvalue weighted by Gasteiger charge is 2.32. The van der Waals surface area contributed by atoms with Crippen molar-refractivity contribution < 1.29 is 18.3 Å². The van der Waals surface area contributed by atoms with Crippen molar-refractivity contribution in [2.75, 3.05) is 11.9 Å². The van der Waals surface area contributed by atoms with E-state index in [1.54, 1.807) is 12.1 Å². The van der Waals surface area contributed by atoms with Gasteiger partial charge in [-0.05, 0) is 63.1 Å². The molecule has 1 aromatic carbocycles. The third-order valence-electron chi connectivity index (χ3n) is 4.66. The summed E-state index contributed by atoms with van der Waals surface area (Å²) in [6, 6.07) is 5.63. The molecule has 1 aromatic heterocycles. The van der Waals surface area contributed by atoms with Crippen LogP contribution in [-0.2, 0) is 6.18 Å². The Morgan fingerprint density at radius 3 is 2.58 bits per heavy atom. The van der Waals surface area contributed by atoms with Crippen molar-refractivity contribution in [1.82, 2.24) is 15.5 Å². The molecule has 26 heavy (non-hydrogen) atoms. The maximum absolute atomic E-state index is 12.8. The van der Waals surface area contributed by atoms with Gasteiger partial charge in [0.2, 0.25) is 0 Å². The number of anilines is 1. The van der Waals surface area contributed by atoms with Crippen LogP contribution >= 0.6 is 0 Å². The SMILES string of the molecule is Cc1cc(C(F)(F)F)cc(O)c1-c1ccc(N[C@H]2CCCN[C@@H]2C)nn1. The number of hydrogen-bond acceptors (Lipinski definition) is 5. The van der Waals surface area contributed by atoms with Crippen LogP contribution in [0.5, 0.6) is 5.75 Å². The molecule has 1 fully saturated rings. The Morgan fingerprint density at radius 2 is 2.00 bits per heavy atom. The number of phenolic OH excluding ortho intramolecular Hbond substituents is 1. The van der Waals surface area contributed by atoms with Gasteiger partial charge in [0.15, 0.2) is 0 Å². The van der Waals surface area contributed by atoms with Crippen molar-refractivity contribution in [2.45, 2.75) is 44.9 Å². The van der Waals surface area contributed by atoms with Gasteiger partial charge in [0.05, 0.1) is 11.3 Å². The first-order valence-corrected chi connectivity index (χ1v) is 8.50. The number of nitrogens with zero attached hydrogens (tertiary/aromatic N) is 2. The lowest BCUT2D eigenvalue weighted by Crippen LogP contribution is -2.46. The molecule has 2 atom stereocenters. The molecular weight excluding hydrogens is 345 g/mol. The maximum atomic E-state index is 12.8. The van der Waals surface area contributed by atoms with Crippen molar-refractivity contribution in [3.63, 3.8) is 0 Å². The molecule has 0 unspecified atom stereocenters. The third-order valence-corrected chi connectivity index (χ3v) is 4.66. The van der Waals surface area contributed by atoms with Gasteiger partial charge in [-0.15, -0.1) is 10.2 Å². The van der Waals surface area contributed by atoms with E-state index >= 15 is 0 Å². The van der Waals surface area contributed by atoms with Crippen molar-refractivity contribution in [2.24, 2.45) is 0 Å². The number of hydrogen-bond donors (Lipinski definition) is 3. The zero-order valence-corrected chi connectivity index (χ0v) is 14.6. The fourth-order valence-corrected chi connectivity index (χ4v) is 3.24. The normalized spacial score (nSPS) is 20.8. The lowest BCUT2D eigenvalue weighted by atomic mass is 9.99. The smallest absolute Gasteiger partial charge is 0.416 e. The lowest BCUT2D eigenvalue weighted by molar-refractivity contribution is -0.137. The standard InChI is InChI=1S/C18H21F3N4O/c1-10-8-12(18(19,20)21)9-15(26)17(10)14-5-6-16(25-24-14)23-13-4-3-7-22-11(13)2/h5-6,8-9,11,13,22,26H,3-4,7H2,1-2H3,(H,23,25)/t11-,13+/m1/s1. The number of alkyl halides is 3. The van der Waals surface area contributed by atoms with E-state index in [2.05, 4.69) is 27.8 Å². The van der Waals surface area contributed by atoms with Gasteiger partial charge in [-0.2, -0.15) is 13.2 Å². The summed E-state index contributed by atoms with van der Waals surface area (Å²) in [6.07, 6.45) is -2.41. The van der Waals surface area contributed by atoms with E-state index < -0.39 is 17.5 Å². The third kappa shape index (κ3) is 3.90. The Morgan fingerprint density at radius 1 is 1.23 bits per heavy atom. The molecule has 8 heteroatoms. The Kier molecular flexibility index (Phi) is 5.04. The molecule has 2 aromatic rings. The number of phenols is 1. The van der Waals surface area contributed by atoms with Crippen LogP contribution in [0.15, 0.2) is 24.3 Å². The lowest BCUT2D eigenvalue weighted by Gasteiger charge is -2.30. The van der Waals surface area contributed by atoms with Gasteiger partial charge in [0.25, 0.3) is 0 Å². The molecular formula is C18H21F3N4O. The quantitative estimate of drug-likeness (QED) is 0.772. The molecule has 2 heterocycles. The zero-order valence-electron chi connectivity index (χ0n) is 14.6. The van der Waals surface area contributed by atoms with E-state index in [-0.39, 0.29) is 17.2 Å². The Bertz CT molecular complexity index is 754. The molecule has 0 saturated carbocycles. The summed E-state index contributed by atoms with van der Waals surface area (Å²) in [5.41, 5.74) is -0.0161. The molecule has 1 aliphatic rings. The number of halogens is 3. The van der Waals surface area contributed by atoms with E-state index in [1.807, 2.05) is 0 Å².